The molecule has 0 radical (unpaired) electrons. The van der Waals surface area contributed by atoms with Crippen molar-refractivity contribution in [1.82, 2.24) is 4.57 Å². The smallest absolute Gasteiger partial charge is 0.338 e. The van der Waals surface area contributed by atoms with Crippen molar-refractivity contribution in [2.24, 2.45) is 5.73 Å². The largest absolute Gasteiger partial charge is 0.463 e. The third-order valence-electron chi connectivity index (χ3n) is 6.73. The fourth-order valence-corrected chi connectivity index (χ4v) is 6.93. The summed E-state index contributed by atoms with van der Waals surface area (Å²) in [6.45, 7) is 1.55. The Morgan fingerprint density at radius 1 is 1.04 bits per heavy atom. The number of esters is 1. The summed E-state index contributed by atoms with van der Waals surface area (Å²) in [5, 5.41) is 15.1. The van der Waals surface area contributed by atoms with Crippen LogP contribution in [-0.2, 0) is 14.3 Å². The molecule has 45 heavy (non-hydrogen) atoms. The van der Waals surface area contributed by atoms with E-state index < -0.39 is 28.3 Å². The predicted octanol–water partition coefficient (Wildman–Crippen LogP) is 5.54. The summed E-state index contributed by atoms with van der Waals surface area (Å²) in [6, 6.07) is 14.5. The van der Waals surface area contributed by atoms with E-state index in [9.17, 15) is 24.5 Å². The molecule has 1 aliphatic rings. The van der Waals surface area contributed by atoms with Gasteiger partial charge < -0.3 is 15.8 Å². The molecular formula is C30H20Cl4N4O6S. The summed E-state index contributed by atoms with van der Waals surface area (Å²) in [5.41, 5.74) is 6.18. The summed E-state index contributed by atoms with van der Waals surface area (Å²) in [5.74, 6) is -3.18. The number of ether oxygens (including phenoxy) is 1. The fraction of sp³-hybridized carbons (Fsp3) is 0.100. The van der Waals surface area contributed by atoms with Gasteiger partial charge in [0.25, 0.3) is 17.2 Å². The number of non-ortho nitro benzene ring substituents is 1. The fourth-order valence-electron chi connectivity index (χ4n) is 4.78. The number of halogens is 4. The minimum absolute atomic E-state index is 0.0363. The highest BCUT2D eigenvalue weighted by atomic mass is 35.5. The molecule has 3 aromatic carbocycles. The van der Waals surface area contributed by atoms with Gasteiger partial charge in [-0.15, -0.1) is 11.3 Å². The molecule has 230 valence electrons. The van der Waals surface area contributed by atoms with Gasteiger partial charge in [-0.25, -0.2) is 4.79 Å². The van der Waals surface area contributed by atoms with E-state index in [2.05, 4.69) is 5.32 Å². The summed E-state index contributed by atoms with van der Waals surface area (Å²) in [4.78, 5) is 52.4. The Morgan fingerprint density at radius 2 is 1.73 bits per heavy atom. The molecule has 1 aliphatic heterocycles. The lowest BCUT2D eigenvalue weighted by atomic mass is 9.82. The zero-order valence-corrected chi connectivity index (χ0v) is 26.8. The van der Waals surface area contributed by atoms with Gasteiger partial charge in [-0.1, -0.05) is 64.6 Å². The van der Waals surface area contributed by atoms with Crippen molar-refractivity contribution in [3.8, 4) is 0 Å². The van der Waals surface area contributed by atoms with E-state index in [1.54, 1.807) is 19.1 Å². The van der Waals surface area contributed by atoms with Crippen molar-refractivity contribution >= 4 is 98.5 Å². The zero-order chi connectivity index (χ0) is 32.6. The van der Waals surface area contributed by atoms with Crippen molar-refractivity contribution in [1.29, 1.82) is 0 Å². The van der Waals surface area contributed by atoms with E-state index in [-0.39, 0.29) is 59.8 Å². The number of hydrogen-bond acceptors (Lipinski definition) is 8. The lowest BCUT2D eigenvalue weighted by molar-refractivity contribution is -0.384. The van der Waals surface area contributed by atoms with Crippen LogP contribution in [0.4, 0.5) is 11.4 Å². The van der Waals surface area contributed by atoms with Crippen molar-refractivity contribution in [3.05, 3.63) is 127 Å². The van der Waals surface area contributed by atoms with Gasteiger partial charge in [0, 0.05) is 37.9 Å². The second kappa shape index (κ2) is 13.1. The van der Waals surface area contributed by atoms with E-state index in [4.69, 9.17) is 56.9 Å². The quantitative estimate of drug-likeness (QED) is 0.146. The molecule has 0 aliphatic carbocycles. The molecule has 5 rings (SSSR count). The SMILES string of the molecule is CCOC(=O)C1=C(N)n2c(s/c(=C\c3ccc(Cl)cc3Cl)c2=O)=C(C(=O)Nc2cccc([N+](=O)[O-])c2)C1c1ccc(Cl)cc1Cl. The molecule has 10 nitrogen and oxygen atoms in total. The first-order chi connectivity index (χ1) is 21.4. The van der Waals surface area contributed by atoms with Gasteiger partial charge in [0.2, 0.25) is 0 Å². The third kappa shape index (κ3) is 6.35. The molecule has 1 unspecified atom stereocenters. The number of nitrogens with two attached hydrogens (primary N) is 1. The standard InChI is InChI=1S/C30H20Cl4N4O6S/c1-2-44-30(41)24-23(19-9-8-16(32)12-21(19)34)25(27(39)36-17-4-3-5-18(13-17)38(42)43)29-37(26(24)35)28(40)22(45-29)10-14-6-7-15(31)11-20(14)33/h3-13,23H,2,35H2,1H3,(H,36,39)/b22-10-. The van der Waals surface area contributed by atoms with Gasteiger partial charge in [-0.2, -0.15) is 0 Å². The van der Waals surface area contributed by atoms with E-state index in [1.165, 1.54) is 54.6 Å². The Balaban J connectivity index is 1.86. The lowest BCUT2D eigenvalue weighted by Crippen LogP contribution is -2.42. The third-order valence-corrected chi connectivity index (χ3v) is 8.96. The number of carbonyl (C=O) groups excluding carboxylic acids is 2. The summed E-state index contributed by atoms with van der Waals surface area (Å²) in [7, 11) is 0. The molecule has 15 heteroatoms. The number of nitro groups is 1. The van der Waals surface area contributed by atoms with E-state index in [1.807, 2.05) is 0 Å². The highest BCUT2D eigenvalue weighted by Gasteiger charge is 2.40. The van der Waals surface area contributed by atoms with E-state index >= 15 is 0 Å². The molecule has 3 N–H and O–H groups in total. The van der Waals surface area contributed by atoms with Crippen LogP contribution in [0.5, 0.6) is 0 Å². The monoisotopic (exact) mass is 704 g/mol. The molecule has 1 amide bonds. The number of amides is 1. The van der Waals surface area contributed by atoms with Gasteiger partial charge in [-0.05, 0) is 54.5 Å². The maximum Gasteiger partial charge on any atom is 0.338 e. The topological polar surface area (TPSA) is 147 Å². The van der Waals surface area contributed by atoms with E-state index in [0.29, 0.717) is 15.6 Å². The Morgan fingerprint density at radius 3 is 2.38 bits per heavy atom. The van der Waals surface area contributed by atoms with Crippen LogP contribution in [0.2, 0.25) is 20.1 Å². The molecule has 0 saturated heterocycles. The van der Waals surface area contributed by atoms with Gasteiger partial charge >= 0.3 is 5.97 Å². The number of nitro benzene ring substituents is 1. The molecular weight excluding hydrogens is 686 g/mol. The number of aromatic nitrogens is 1. The summed E-state index contributed by atoms with van der Waals surface area (Å²) in [6.07, 6.45) is 1.51. The van der Waals surface area contributed by atoms with Crippen molar-refractivity contribution < 1.29 is 19.2 Å². The number of benzene rings is 3. The first-order valence-corrected chi connectivity index (χ1v) is 15.3. The number of carbonyl (C=O) groups is 2. The Labute approximate surface area is 278 Å². The number of thiazole rings is 1. The van der Waals surface area contributed by atoms with Crippen molar-refractivity contribution in [2.75, 3.05) is 11.9 Å². The molecule has 2 heterocycles. The van der Waals surface area contributed by atoms with Crippen LogP contribution in [0.25, 0.3) is 17.5 Å². The van der Waals surface area contributed by atoms with Gasteiger partial charge in [0.15, 0.2) is 0 Å². The first kappa shape index (κ1) is 32.3. The van der Waals surface area contributed by atoms with E-state index in [0.717, 1.165) is 15.9 Å². The van der Waals surface area contributed by atoms with Crippen LogP contribution in [-0.4, -0.2) is 28.0 Å². The second-order valence-electron chi connectivity index (χ2n) is 9.52. The number of hydrogen-bond donors (Lipinski definition) is 2. The minimum atomic E-state index is -1.24. The summed E-state index contributed by atoms with van der Waals surface area (Å²) >= 11 is 26.1. The second-order valence-corrected chi connectivity index (χ2v) is 12.2. The molecule has 0 spiro atoms. The van der Waals surface area contributed by atoms with Crippen LogP contribution in [0.15, 0.2) is 71.0 Å². The number of rotatable bonds is 7. The molecule has 0 saturated carbocycles. The van der Waals surface area contributed by atoms with Gasteiger partial charge in [0.1, 0.15) is 10.5 Å². The molecule has 0 bridgehead atoms. The molecule has 1 atom stereocenters. The maximum absolute atomic E-state index is 14.2. The highest BCUT2D eigenvalue weighted by Crippen LogP contribution is 2.41. The van der Waals surface area contributed by atoms with Gasteiger partial charge in [0.05, 0.1) is 33.1 Å². The van der Waals surface area contributed by atoms with Crippen LogP contribution in [0.3, 0.4) is 0 Å². The highest BCUT2D eigenvalue weighted by molar-refractivity contribution is 7.07. The number of nitrogens with one attached hydrogen (secondary N) is 1. The van der Waals surface area contributed by atoms with Crippen LogP contribution < -0.4 is 25.8 Å². The molecule has 0 fully saturated rings. The number of nitrogens with zero attached hydrogens (tertiary/aromatic N) is 2. The predicted molar refractivity (Wildman–Crippen MR) is 176 cm³/mol. The molecule has 4 aromatic rings. The van der Waals surface area contributed by atoms with Crippen LogP contribution in [0, 0.1) is 10.1 Å². The first-order valence-electron chi connectivity index (χ1n) is 13.0. The Bertz CT molecular complexity index is 2120. The lowest BCUT2D eigenvalue weighted by Gasteiger charge is -2.28. The number of fused-ring (bicyclic) bond motifs is 1. The van der Waals surface area contributed by atoms with Crippen molar-refractivity contribution in [2.45, 2.75) is 12.8 Å². The summed E-state index contributed by atoms with van der Waals surface area (Å²) < 4.78 is 6.59. The average Bonchev–Trinajstić information content (AvgIpc) is 3.30. The maximum atomic E-state index is 14.2. The van der Waals surface area contributed by atoms with Gasteiger partial charge in [-0.3, -0.25) is 24.3 Å². The average molecular weight is 706 g/mol. The molecule has 1 aromatic heterocycles. The normalized spacial score (nSPS) is 14.7. The van der Waals surface area contributed by atoms with Crippen LogP contribution in [0.1, 0.15) is 24.0 Å². The Kier molecular flexibility index (Phi) is 9.38. The number of anilines is 1. The minimum Gasteiger partial charge on any atom is -0.463 e. The van der Waals surface area contributed by atoms with Crippen molar-refractivity contribution in [3.63, 3.8) is 0 Å². The zero-order valence-electron chi connectivity index (χ0n) is 23.0. The van der Waals surface area contributed by atoms with Crippen LogP contribution >= 0.6 is 57.7 Å². The Hall–Kier alpha value is -4.13.